The molecule has 4 N–H and O–H groups in total. The molecule has 1 aromatic heterocycles. The van der Waals surface area contributed by atoms with Crippen LogP contribution in [0.4, 0.5) is 22.9 Å². The third-order valence-corrected chi connectivity index (χ3v) is 5.40. The van der Waals surface area contributed by atoms with Crippen LogP contribution in [-0.2, 0) is 4.74 Å². The first kappa shape index (κ1) is 18.6. The van der Waals surface area contributed by atoms with Gasteiger partial charge in [0.05, 0.1) is 24.5 Å². The predicted octanol–water partition coefficient (Wildman–Crippen LogP) is 3.12. The molecule has 1 aliphatic carbocycles. The van der Waals surface area contributed by atoms with Crippen LogP contribution in [0.1, 0.15) is 36.0 Å². The third kappa shape index (κ3) is 4.36. The molecule has 148 valence electrons. The Labute approximate surface area is 165 Å². The summed E-state index contributed by atoms with van der Waals surface area (Å²) in [6.45, 7) is 3.32. The van der Waals surface area contributed by atoms with E-state index >= 15 is 0 Å². The summed E-state index contributed by atoms with van der Waals surface area (Å²) >= 11 is 0. The molecule has 2 fully saturated rings. The highest BCUT2D eigenvalue weighted by atomic mass is 16.5. The van der Waals surface area contributed by atoms with Gasteiger partial charge in [-0.15, -0.1) is 0 Å². The highest BCUT2D eigenvalue weighted by molar-refractivity contribution is 5.99. The molecule has 2 aliphatic rings. The standard InChI is InChI=1S/C21H27N5O2/c22-21(27)18-14-23-20(25-15-3-1-2-4-15)13-19(18)24-16-5-7-17(8-6-16)26-9-11-28-12-10-26/h5-8,13-15H,1-4,9-12H2,(H2,22,27)(H2,23,24,25). The molecule has 2 heterocycles. The molecule has 0 bridgehead atoms. The Bertz CT molecular complexity index is 812. The highest BCUT2D eigenvalue weighted by Crippen LogP contribution is 2.27. The average molecular weight is 381 g/mol. The first-order valence-corrected chi connectivity index (χ1v) is 9.95. The number of morpholine rings is 1. The van der Waals surface area contributed by atoms with Gasteiger partial charge in [0, 0.05) is 42.8 Å². The molecule has 4 rings (SSSR count). The average Bonchev–Trinajstić information content (AvgIpc) is 3.22. The molecule has 1 amide bonds. The summed E-state index contributed by atoms with van der Waals surface area (Å²) in [6.07, 6.45) is 6.36. The van der Waals surface area contributed by atoms with Gasteiger partial charge in [-0.2, -0.15) is 0 Å². The van der Waals surface area contributed by atoms with E-state index in [1.165, 1.54) is 18.5 Å². The Balaban J connectivity index is 1.50. The van der Waals surface area contributed by atoms with Crippen molar-refractivity contribution in [1.82, 2.24) is 4.98 Å². The number of ether oxygens (including phenoxy) is 1. The number of nitrogens with two attached hydrogens (primary N) is 1. The maximum atomic E-state index is 11.8. The van der Waals surface area contributed by atoms with Gasteiger partial charge in [0.1, 0.15) is 5.82 Å². The summed E-state index contributed by atoms with van der Waals surface area (Å²) in [5.41, 5.74) is 8.67. The number of carbonyl (C=O) groups excluding carboxylic acids is 1. The Morgan fingerprint density at radius 3 is 2.54 bits per heavy atom. The first-order chi connectivity index (χ1) is 13.7. The fourth-order valence-corrected chi connectivity index (χ4v) is 3.85. The van der Waals surface area contributed by atoms with Crippen LogP contribution < -0.4 is 21.3 Å². The van der Waals surface area contributed by atoms with Gasteiger partial charge in [-0.25, -0.2) is 4.98 Å². The van der Waals surface area contributed by atoms with Crippen LogP contribution in [0.25, 0.3) is 0 Å². The summed E-state index contributed by atoms with van der Waals surface area (Å²) in [6, 6.07) is 10.5. The number of aromatic nitrogens is 1. The zero-order valence-corrected chi connectivity index (χ0v) is 16.0. The molecular weight excluding hydrogens is 354 g/mol. The van der Waals surface area contributed by atoms with E-state index in [2.05, 4.69) is 32.7 Å². The number of benzene rings is 1. The number of anilines is 4. The van der Waals surface area contributed by atoms with E-state index in [0.29, 0.717) is 17.3 Å². The maximum Gasteiger partial charge on any atom is 0.252 e. The molecule has 1 aliphatic heterocycles. The third-order valence-electron chi connectivity index (χ3n) is 5.40. The normalized spacial score (nSPS) is 17.5. The Morgan fingerprint density at radius 1 is 1.14 bits per heavy atom. The topological polar surface area (TPSA) is 92.5 Å². The van der Waals surface area contributed by atoms with Crippen molar-refractivity contribution in [2.45, 2.75) is 31.7 Å². The first-order valence-electron chi connectivity index (χ1n) is 9.95. The molecular formula is C21H27N5O2. The van der Waals surface area contributed by atoms with Crippen molar-refractivity contribution in [2.24, 2.45) is 5.73 Å². The van der Waals surface area contributed by atoms with Crippen LogP contribution in [0.2, 0.25) is 0 Å². The van der Waals surface area contributed by atoms with Crippen molar-refractivity contribution < 1.29 is 9.53 Å². The number of pyridine rings is 1. The fraction of sp³-hybridized carbons (Fsp3) is 0.429. The minimum Gasteiger partial charge on any atom is -0.378 e. The van der Waals surface area contributed by atoms with Gasteiger partial charge in [0.2, 0.25) is 0 Å². The molecule has 28 heavy (non-hydrogen) atoms. The van der Waals surface area contributed by atoms with Crippen molar-refractivity contribution in [1.29, 1.82) is 0 Å². The summed E-state index contributed by atoms with van der Waals surface area (Å²) in [5, 5.41) is 6.79. The SMILES string of the molecule is NC(=O)c1cnc(NC2CCCC2)cc1Nc1ccc(N2CCOCC2)cc1. The molecule has 7 heteroatoms. The largest absolute Gasteiger partial charge is 0.378 e. The van der Waals surface area contributed by atoms with Crippen molar-refractivity contribution in [3.05, 3.63) is 42.1 Å². The number of amides is 1. The second-order valence-electron chi connectivity index (χ2n) is 7.38. The van der Waals surface area contributed by atoms with E-state index in [4.69, 9.17) is 10.5 Å². The fourth-order valence-electron chi connectivity index (χ4n) is 3.85. The molecule has 0 spiro atoms. The van der Waals surface area contributed by atoms with Crippen LogP contribution in [-0.4, -0.2) is 43.2 Å². The van der Waals surface area contributed by atoms with Gasteiger partial charge in [-0.3, -0.25) is 4.79 Å². The Hall–Kier alpha value is -2.80. The molecule has 1 saturated carbocycles. The summed E-state index contributed by atoms with van der Waals surface area (Å²) in [7, 11) is 0. The van der Waals surface area contributed by atoms with Gasteiger partial charge in [0.15, 0.2) is 0 Å². The van der Waals surface area contributed by atoms with E-state index in [1.807, 2.05) is 18.2 Å². The molecule has 1 saturated heterocycles. The number of nitrogens with one attached hydrogen (secondary N) is 2. The summed E-state index contributed by atoms with van der Waals surface area (Å²) < 4.78 is 5.41. The predicted molar refractivity (Wildman–Crippen MR) is 111 cm³/mol. The number of nitrogens with zero attached hydrogens (tertiary/aromatic N) is 2. The maximum absolute atomic E-state index is 11.8. The lowest BCUT2D eigenvalue weighted by atomic mass is 10.2. The van der Waals surface area contributed by atoms with E-state index in [-0.39, 0.29) is 0 Å². The molecule has 2 aromatic rings. The minimum atomic E-state index is -0.493. The quantitative estimate of drug-likeness (QED) is 0.712. The molecule has 0 atom stereocenters. The lowest BCUT2D eigenvalue weighted by Crippen LogP contribution is -2.36. The van der Waals surface area contributed by atoms with Crippen LogP contribution in [0, 0.1) is 0 Å². The van der Waals surface area contributed by atoms with E-state index in [1.54, 1.807) is 6.20 Å². The van der Waals surface area contributed by atoms with Crippen LogP contribution in [0.15, 0.2) is 36.5 Å². The highest BCUT2D eigenvalue weighted by Gasteiger charge is 2.17. The van der Waals surface area contributed by atoms with Gasteiger partial charge in [-0.1, -0.05) is 12.8 Å². The molecule has 0 radical (unpaired) electrons. The molecule has 1 aromatic carbocycles. The minimum absolute atomic E-state index is 0.384. The number of primary amides is 1. The van der Waals surface area contributed by atoms with Crippen LogP contribution >= 0.6 is 0 Å². The van der Waals surface area contributed by atoms with E-state index in [9.17, 15) is 4.79 Å². The van der Waals surface area contributed by atoms with Gasteiger partial charge in [0.25, 0.3) is 5.91 Å². The van der Waals surface area contributed by atoms with E-state index < -0.39 is 5.91 Å². The number of rotatable bonds is 6. The lowest BCUT2D eigenvalue weighted by molar-refractivity contribution is 0.100. The number of carbonyl (C=O) groups is 1. The Kier molecular flexibility index (Phi) is 5.62. The zero-order valence-electron chi connectivity index (χ0n) is 16.0. The molecule has 7 nitrogen and oxygen atoms in total. The van der Waals surface area contributed by atoms with Crippen molar-refractivity contribution >= 4 is 28.8 Å². The van der Waals surface area contributed by atoms with Crippen LogP contribution in [0.3, 0.4) is 0 Å². The van der Waals surface area contributed by atoms with E-state index in [0.717, 1.165) is 50.7 Å². The van der Waals surface area contributed by atoms with Gasteiger partial charge in [-0.05, 0) is 37.1 Å². The summed E-state index contributed by atoms with van der Waals surface area (Å²) in [5.74, 6) is 0.275. The molecule has 0 unspecified atom stereocenters. The zero-order chi connectivity index (χ0) is 19.3. The van der Waals surface area contributed by atoms with Crippen molar-refractivity contribution in [3.8, 4) is 0 Å². The second-order valence-corrected chi connectivity index (χ2v) is 7.38. The second kappa shape index (κ2) is 8.48. The lowest BCUT2D eigenvalue weighted by Gasteiger charge is -2.29. The number of hydrogen-bond acceptors (Lipinski definition) is 6. The van der Waals surface area contributed by atoms with Crippen molar-refractivity contribution in [2.75, 3.05) is 41.8 Å². The number of hydrogen-bond donors (Lipinski definition) is 3. The monoisotopic (exact) mass is 381 g/mol. The van der Waals surface area contributed by atoms with Gasteiger partial charge >= 0.3 is 0 Å². The summed E-state index contributed by atoms with van der Waals surface area (Å²) in [4.78, 5) is 18.5. The van der Waals surface area contributed by atoms with Crippen molar-refractivity contribution in [3.63, 3.8) is 0 Å². The Morgan fingerprint density at radius 2 is 1.86 bits per heavy atom. The smallest absolute Gasteiger partial charge is 0.252 e. The van der Waals surface area contributed by atoms with Crippen LogP contribution in [0.5, 0.6) is 0 Å². The van der Waals surface area contributed by atoms with Gasteiger partial charge < -0.3 is 26.0 Å².